The van der Waals surface area contributed by atoms with Crippen LogP contribution in [0.2, 0.25) is 0 Å². The fourth-order valence-electron chi connectivity index (χ4n) is 1.85. The molecular formula is C18H24F3NO4. The van der Waals surface area contributed by atoms with Crippen LogP contribution in [0.4, 0.5) is 13.2 Å². The summed E-state index contributed by atoms with van der Waals surface area (Å²) in [7, 11) is 2.68. The molecule has 0 aliphatic carbocycles. The molecule has 5 nitrogen and oxygen atoms in total. The van der Waals surface area contributed by atoms with Crippen molar-refractivity contribution in [3.05, 3.63) is 47.2 Å². The maximum atomic E-state index is 12.5. The number of hydrogen-bond acceptors (Lipinski definition) is 4. The predicted molar refractivity (Wildman–Crippen MR) is 90.8 cm³/mol. The molecule has 0 fully saturated rings. The zero-order chi connectivity index (χ0) is 20.1. The number of halogens is 3. The lowest BCUT2D eigenvalue weighted by atomic mass is 10.0. The van der Waals surface area contributed by atoms with E-state index < -0.39 is 24.3 Å². The molecule has 1 aromatic carbocycles. The Morgan fingerprint density at radius 1 is 1.15 bits per heavy atom. The van der Waals surface area contributed by atoms with Gasteiger partial charge in [-0.3, -0.25) is 9.18 Å². The smallest absolute Gasteiger partial charge is 0.335 e. The molecule has 146 valence electrons. The van der Waals surface area contributed by atoms with E-state index in [-0.39, 0.29) is 30.4 Å². The molecular weight excluding hydrogens is 351 g/mol. The van der Waals surface area contributed by atoms with Crippen molar-refractivity contribution in [2.45, 2.75) is 20.3 Å². The lowest BCUT2D eigenvalue weighted by molar-refractivity contribution is -0.136. The first-order valence-corrected chi connectivity index (χ1v) is 7.79. The summed E-state index contributed by atoms with van der Waals surface area (Å²) in [6.07, 6.45) is 0.183. The minimum absolute atomic E-state index is 0.0586. The van der Waals surface area contributed by atoms with Gasteiger partial charge in [-0.05, 0) is 24.5 Å². The summed E-state index contributed by atoms with van der Waals surface area (Å²) in [4.78, 5) is 22.7. The van der Waals surface area contributed by atoms with Crippen LogP contribution in [0.5, 0.6) is 0 Å². The van der Waals surface area contributed by atoms with E-state index in [9.17, 15) is 22.8 Å². The molecule has 0 radical (unpaired) electrons. The van der Waals surface area contributed by atoms with Crippen molar-refractivity contribution in [1.29, 1.82) is 0 Å². The molecule has 1 rings (SSSR count). The maximum Gasteiger partial charge on any atom is 0.335 e. The summed E-state index contributed by atoms with van der Waals surface area (Å²) in [5.41, 5.74) is 0.553. The zero-order valence-electron chi connectivity index (χ0n) is 15.3. The van der Waals surface area contributed by atoms with Gasteiger partial charge in [0.2, 0.25) is 5.91 Å². The number of nitrogens with one attached hydrogen (secondary N) is 1. The molecule has 0 aromatic heterocycles. The van der Waals surface area contributed by atoms with Crippen molar-refractivity contribution in [2.24, 2.45) is 5.92 Å². The second-order valence-electron chi connectivity index (χ2n) is 5.44. The van der Waals surface area contributed by atoms with E-state index in [1.807, 2.05) is 0 Å². The highest BCUT2D eigenvalue weighted by Crippen LogP contribution is 2.17. The van der Waals surface area contributed by atoms with Gasteiger partial charge in [0.05, 0.1) is 31.7 Å². The van der Waals surface area contributed by atoms with Crippen molar-refractivity contribution < 1.29 is 32.2 Å². The van der Waals surface area contributed by atoms with Crippen LogP contribution in [0.3, 0.4) is 0 Å². The molecule has 1 atom stereocenters. The van der Waals surface area contributed by atoms with Gasteiger partial charge in [-0.15, -0.1) is 0 Å². The van der Waals surface area contributed by atoms with Crippen LogP contribution < -0.4 is 5.32 Å². The predicted octanol–water partition coefficient (Wildman–Crippen LogP) is 3.16. The Labute approximate surface area is 151 Å². The molecule has 26 heavy (non-hydrogen) atoms. The van der Waals surface area contributed by atoms with Gasteiger partial charge in [-0.25, -0.2) is 13.6 Å². The van der Waals surface area contributed by atoms with Crippen molar-refractivity contribution >= 4 is 11.9 Å². The topological polar surface area (TPSA) is 64.6 Å². The number of rotatable bonds is 7. The average Bonchev–Trinajstić information content (AvgIpc) is 2.61. The monoisotopic (exact) mass is 375 g/mol. The Kier molecular flexibility index (Phi) is 11.8. The highest BCUT2D eigenvalue weighted by molar-refractivity contribution is 5.90. The first kappa shape index (κ1) is 23.7. The summed E-state index contributed by atoms with van der Waals surface area (Å²) < 4.78 is 46.0. The number of carbonyl (C=O) groups is 2. The number of hydrogen-bond donors (Lipinski definition) is 1. The van der Waals surface area contributed by atoms with Gasteiger partial charge < -0.3 is 14.8 Å². The number of ether oxygens (including phenoxy) is 2. The lowest BCUT2D eigenvalue weighted by Gasteiger charge is -2.15. The summed E-state index contributed by atoms with van der Waals surface area (Å²) in [6.45, 7) is 2.49. The average molecular weight is 375 g/mol. The Balaban J connectivity index is 0.000000642. The second kappa shape index (κ2) is 12.9. The van der Waals surface area contributed by atoms with E-state index in [2.05, 4.69) is 10.1 Å². The second-order valence-corrected chi connectivity index (χ2v) is 5.44. The van der Waals surface area contributed by atoms with Crippen molar-refractivity contribution in [3.8, 4) is 0 Å². The molecule has 1 N–H and O–H groups in total. The number of esters is 1. The number of alkyl halides is 1. The lowest BCUT2D eigenvalue weighted by Crippen LogP contribution is -2.27. The summed E-state index contributed by atoms with van der Waals surface area (Å²) >= 11 is 0. The van der Waals surface area contributed by atoms with Gasteiger partial charge >= 0.3 is 5.97 Å². The number of carbonyl (C=O) groups excluding carboxylic acids is 2. The summed E-state index contributed by atoms with van der Waals surface area (Å²) in [5.74, 6) is -2.84. The van der Waals surface area contributed by atoms with Crippen molar-refractivity contribution in [1.82, 2.24) is 5.32 Å². The third-order valence-corrected chi connectivity index (χ3v) is 3.05. The van der Waals surface area contributed by atoms with E-state index in [4.69, 9.17) is 4.74 Å². The fourth-order valence-corrected chi connectivity index (χ4v) is 1.85. The van der Waals surface area contributed by atoms with Crippen molar-refractivity contribution in [2.75, 3.05) is 27.5 Å². The van der Waals surface area contributed by atoms with Crippen LogP contribution in [-0.2, 0) is 19.1 Å². The summed E-state index contributed by atoms with van der Waals surface area (Å²) in [5, 5.41) is 2.52. The molecule has 0 aliphatic rings. The van der Waals surface area contributed by atoms with Crippen LogP contribution in [-0.4, -0.2) is 39.4 Å². The molecule has 1 amide bonds. The minimum atomic E-state index is -0.799. The SMILES string of the molecule is COC/C(NC(C)=O)=C(/CC(C)CF)C(=O)OC.Fc1ccccc1F. The van der Waals surface area contributed by atoms with E-state index in [0.717, 1.165) is 12.1 Å². The zero-order valence-corrected chi connectivity index (χ0v) is 15.3. The van der Waals surface area contributed by atoms with Gasteiger partial charge in [-0.1, -0.05) is 19.1 Å². The molecule has 1 unspecified atom stereocenters. The molecule has 0 aliphatic heterocycles. The van der Waals surface area contributed by atoms with Gasteiger partial charge in [0.15, 0.2) is 11.6 Å². The molecule has 0 heterocycles. The van der Waals surface area contributed by atoms with Crippen LogP contribution in [0, 0.1) is 17.6 Å². The fraction of sp³-hybridized carbons (Fsp3) is 0.444. The molecule has 0 saturated heterocycles. The van der Waals surface area contributed by atoms with Crippen molar-refractivity contribution in [3.63, 3.8) is 0 Å². The highest BCUT2D eigenvalue weighted by Gasteiger charge is 2.19. The molecule has 0 bridgehead atoms. The largest absolute Gasteiger partial charge is 0.466 e. The van der Waals surface area contributed by atoms with Gasteiger partial charge in [0.1, 0.15) is 0 Å². The molecule has 0 saturated carbocycles. The van der Waals surface area contributed by atoms with Gasteiger partial charge in [0, 0.05) is 14.0 Å². The third-order valence-electron chi connectivity index (χ3n) is 3.05. The molecule has 8 heteroatoms. The Hall–Kier alpha value is -2.35. The Morgan fingerprint density at radius 3 is 2.04 bits per heavy atom. The highest BCUT2D eigenvalue weighted by atomic mass is 19.2. The summed E-state index contributed by atoms with van der Waals surface area (Å²) in [6, 6.07) is 5.04. The van der Waals surface area contributed by atoms with E-state index >= 15 is 0 Å². The first-order chi connectivity index (χ1) is 12.3. The third kappa shape index (κ3) is 9.22. The molecule has 0 spiro atoms. The minimum Gasteiger partial charge on any atom is -0.466 e. The maximum absolute atomic E-state index is 12.5. The first-order valence-electron chi connectivity index (χ1n) is 7.79. The van der Waals surface area contributed by atoms with E-state index in [0.29, 0.717) is 5.70 Å². The van der Waals surface area contributed by atoms with Crippen LogP contribution in [0.1, 0.15) is 20.3 Å². The Morgan fingerprint density at radius 2 is 1.69 bits per heavy atom. The number of amides is 1. The van der Waals surface area contributed by atoms with Gasteiger partial charge in [-0.2, -0.15) is 0 Å². The normalized spacial score (nSPS) is 12.3. The van der Waals surface area contributed by atoms with Gasteiger partial charge in [0.25, 0.3) is 0 Å². The molecule has 1 aromatic rings. The van der Waals surface area contributed by atoms with E-state index in [1.54, 1.807) is 6.92 Å². The standard InChI is InChI=1S/C12H20FNO4.C6H4F2/c1-8(6-13)5-10(12(16)18-4)11(7-17-3)14-9(2)15;7-5-3-1-2-4-6(5)8/h8H,5-7H2,1-4H3,(H,14,15);1-4H/b11-10+;. The van der Waals surface area contributed by atoms with E-state index in [1.165, 1.54) is 33.3 Å². The quantitative estimate of drug-likeness (QED) is 0.587. The Bertz CT molecular complexity index is 599. The van der Waals surface area contributed by atoms with Crippen LogP contribution in [0.25, 0.3) is 0 Å². The number of benzene rings is 1. The number of methoxy groups -OCH3 is 2. The van der Waals surface area contributed by atoms with Crippen LogP contribution in [0.15, 0.2) is 35.5 Å². The van der Waals surface area contributed by atoms with Crippen LogP contribution >= 0.6 is 0 Å².